The Bertz CT molecular complexity index is 1230. The number of aliphatic hydroxyl groups excluding tert-OH is 5. The molecule has 0 aliphatic carbocycles. The summed E-state index contributed by atoms with van der Waals surface area (Å²) in [6.45, 7) is -0.373. The highest BCUT2D eigenvalue weighted by molar-refractivity contribution is 7.61. The summed E-state index contributed by atoms with van der Waals surface area (Å²) in [5.74, 6) is -0.567. The molecule has 0 radical (unpaired) electrons. The number of carbonyl (C=O) groups excluding carboxylic acids is 1. The summed E-state index contributed by atoms with van der Waals surface area (Å²) in [6, 6.07) is 0.920. The fourth-order valence-corrected chi connectivity index (χ4v) is 5.84. The van der Waals surface area contributed by atoms with Gasteiger partial charge in [-0.2, -0.15) is 4.31 Å². The number of hydrogen-bond acceptors (Lipinski definition) is 15. The number of aliphatic hydroxyl groups is 5. The van der Waals surface area contributed by atoms with Crippen LogP contribution in [0, 0.1) is 0 Å². The van der Waals surface area contributed by atoms with Gasteiger partial charge in [-0.05, 0) is 0 Å². The largest absolute Gasteiger partial charge is 0.486 e. The molecule has 0 aromatic carbocycles. The van der Waals surface area contributed by atoms with Crippen molar-refractivity contribution < 1.29 is 72.1 Å². The van der Waals surface area contributed by atoms with Crippen molar-refractivity contribution in [2.75, 3.05) is 13.2 Å². The molecule has 20 nitrogen and oxygen atoms in total. The molecule has 22 heteroatoms. The average Bonchev–Trinajstić information content (AvgIpc) is 3.09. The summed E-state index contributed by atoms with van der Waals surface area (Å²) >= 11 is 0. The summed E-state index contributed by atoms with van der Waals surface area (Å²) in [5, 5.41) is 53.2. The number of nitrogens with one attached hydrogen (secondary N) is 2. The summed E-state index contributed by atoms with van der Waals surface area (Å²) in [5.41, 5.74) is -1.78. The first-order valence-corrected chi connectivity index (χ1v) is 14.0. The van der Waals surface area contributed by atoms with Crippen LogP contribution in [0.1, 0.15) is 13.2 Å². The van der Waals surface area contributed by atoms with E-state index in [-0.39, 0.29) is 0 Å². The van der Waals surface area contributed by atoms with Crippen molar-refractivity contribution in [3.63, 3.8) is 0 Å². The lowest BCUT2D eigenvalue weighted by Gasteiger charge is -2.40. The molecule has 0 spiro atoms. The van der Waals surface area contributed by atoms with E-state index < -0.39 is 101 Å². The number of hydrogen-bond donors (Lipinski definition) is 9. The highest BCUT2D eigenvalue weighted by Gasteiger charge is 2.51. The van der Waals surface area contributed by atoms with Crippen molar-refractivity contribution in [3.8, 4) is 0 Å². The molecule has 2 aliphatic rings. The van der Waals surface area contributed by atoms with E-state index in [1.165, 1.54) is 0 Å². The van der Waals surface area contributed by atoms with Crippen molar-refractivity contribution in [1.29, 1.82) is 0 Å². The molecule has 0 bridgehead atoms. The maximum absolute atomic E-state index is 13.1. The molecular weight excluding hydrogens is 580 g/mol. The fourth-order valence-electron chi connectivity index (χ4n) is 3.64. The number of aromatic nitrogens is 2. The molecule has 222 valence electrons. The number of nitrogens with zero attached hydrogens (tertiary/aromatic N) is 1. The molecular formula is C17H27N3O17P2. The van der Waals surface area contributed by atoms with Crippen molar-refractivity contribution in [3.05, 3.63) is 33.1 Å². The Morgan fingerprint density at radius 3 is 2.26 bits per heavy atom. The van der Waals surface area contributed by atoms with Gasteiger partial charge in [0.1, 0.15) is 42.7 Å². The van der Waals surface area contributed by atoms with Crippen molar-refractivity contribution >= 4 is 21.6 Å². The Morgan fingerprint density at radius 2 is 1.67 bits per heavy atom. The van der Waals surface area contributed by atoms with Gasteiger partial charge in [-0.15, -0.1) is 0 Å². The molecule has 2 saturated heterocycles. The molecule has 3 heterocycles. The van der Waals surface area contributed by atoms with E-state index in [1.54, 1.807) is 0 Å². The minimum Gasteiger partial charge on any atom is -0.388 e. The first kappa shape index (κ1) is 31.7. The molecule has 9 N–H and O–H groups in total. The van der Waals surface area contributed by atoms with E-state index in [1.807, 2.05) is 4.98 Å². The number of phosphoric acid groups is 2. The third kappa shape index (κ3) is 7.87. The van der Waals surface area contributed by atoms with E-state index in [0.717, 1.165) is 19.2 Å². The Hall–Kier alpha value is -1.87. The minimum absolute atomic E-state index is 0.434. The molecule has 1 aromatic rings. The van der Waals surface area contributed by atoms with Gasteiger partial charge in [0, 0.05) is 25.7 Å². The summed E-state index contributed by atoms with van der Waals surface area (Å²) in [7, 11) is -11.1. The van der Waals surface area contributed by atoms with Crippen LogP contribution >= 0.6 is 15.6 Å². The molecule has 39 heavy (non-hydrogen) atoms. The van der Waals surface area contributed by atoms with Crippen molar-refractivity contribution in [2.45, 2.75) is 62.2 Å². The lowest BCUT2D eigenvalue weighted by molar-refractivity contribution is -0.274. The first-order valence-electron chi connectivity index (χ1n) is 11.0. The van der Waals surface area contributed by atoms with E-state index in [0.29, 0.717) is 4.57 Å². The predicted molar refractivity (Wildman–Crippen MR) is 120 cm³/mol. The van der Waals surface area contributed by atoms with E-state index in [2.05, 4.69) is 9.63 Å². The maximum atomic E-state index is 13.1. The Labute approximate surface area is 217 Å². The van der Waals surface area contributed by atoms with Crippen LogP contribution in [0.25, 0.3) is 0 Å². The Balaban J connectivity index is 1.77. The summed E-state index contributed by atoms with van der Waals surface area (Å²) < 4.78 is 49.6. The smallest absolute Gasteiger partial charge is 0.388 e. The molecule has 0 saturated carbocycles. The second-order valence-electron chi connectivity index (χ2n) is 8.44. The third-order valence-electron chi connectivity index (χ3n) is 5.52. The van der Waals surface area contributed by atoms with Crippen molar-refractivity contribution in [1.82, 2.24) is 14.9 Å². The minimum atomic E-state index is -5.65. The Kier molecular flexibility index (Phi) is 10.0. The predicted octanol–water partition coefficient (Wildman–Crippen LogP) is -4.65. The molecule has 1 aromatic heterocycles. The number of rotatable bonds is 10. The van der Waals surface area contributed by atoms with Gasteiger partial charge in [-0.1, -0.05) is 0 Å². The number of aromatic amines is 1. The zero-order valence-corrected chi connectivity index (χ0v) is 21.6. The molecule has 3 unspecified atom stereocenters. The number of phosphoric ester groups is 1. The quantitative estimate of drug-likeness (QED) is 0.113. The first-order chi connectivity index (χ1) is 18.0. The number of H-pyrrole nitrogens is 1. The number of amides is 1. The highest BCUT2D eigenvalue weighted by atomic mass is 31.3. The van der Waals surface area contributed by atoms with Gasteiger partial charge in [0.25, 0.3) is 5.56 Å². The average molecular weight is 607 g/mol. The van der Waals surface area contributed by atoms with Crippen LogP contribution in [-0.4, -0.2) is 113 Å². The van der Waals surface area contributed by atoms with Gasteiger partial charge in [-0.25, -0.2) is 13.9 Å². The number of carbonyl (C=O) groups is 1. The summed E-state index contributed by atoms with van der Waals surface area (Å²) in [4.78, 5) is 54.7. The van der Waals surface area contributed by atoms with Gasteiger partial charge in [0.2, 0.25) is 5.91 Å². The second kappa shape index (κ2) is 12.3. The third-order valence-corrected chi connectivity index (χ3v) is 8.10. The fraction of sp³-hybridized carbons (Fsp3) is 0.706. The normalized spacial score (nSPS) is 34.9. The zero-order chi connectivity index (χ0) is 29.3. The molecule has 3 rings (SSSR count). The topological polar surface area (TPSA) is 306 Å². The van der Waals surface area contributed by atoms with E-state index >= 15 is 0 Å². The SMILES string of the molecule is CC(=O)NC[C@H]1O[C@@H](OP(=O)(OC[C@@H]2O[C@H](n3ccc(=O)[nH]c3=O)C(O)C2O)OP(=O)(O)O)[C@H](O)[C@@H](O)[C@@H]1O. The maximum Gasteiger partial charge on any atom is 0.486 e. The van der Waals surface area contributed by atoms with Crippen LogP contribution in [-0.2, 0) is 36.8 Å². The molecule has 1 amide bonds. The van der Waals surface area contributed by atoms with E-state index in [9.17, 15) is 58.8 Å². The van der Waals surface area contributed by atoms with Gasteiger partial charge < -0.3 is 50.1 Å². The lowest BCUT2D eigenvalue weighted by Crippen LogP contribution is -2.60. The highest BCUT2D eigenvalue weighted by Crippen LogP contribution is 2.62. The van der Waals surface area contributed by atoms with Crippen LogP contribution < -0.4 is 16.6 Å². The molecule has 2 aliphatic heterocycles. The summed E-state index contributed by atoms with van der Waals surface area (Å²) in [6.07, 6.45) is -15.5. The van der Waals surface area contributed by atoms with E-state index in [4.69, 9.17) is 18.5 Å². The van der Waals surface area contributed by atoms with Crippen molar-refractivity contribution in [2.24, 2.45) is 0 Å². The van der Waals surface area contributed by atoms with Gasteiger partial charge in [0.15, 0.2) is 12.5 Å². The Morgan fingerprint density at radius 1 is 1.03 bits per heavy atom. The molecule has 10 atom stereocenters. The van der Waals surface area contributed by atoms with Crippen LogP contribution in [0.15, 0.2) is 21.9 Å². The monoisotopic (exact) mass is 607 g/mol. The van der Waals surface area contributed by atoms with Crippen LogP contribution in [0.4, 0.5) is 0 Å². The lowest BCUT2D eigenvalue weighted by atomic mass is 9.99. The number of ether oxygens (including phenoxy) is 2. The van der Waals surface area contributed by atoms with Gasteiger partial charge >= 0.3 is 21.3 Å². The van der Waals surface area contributed by atoms with Gasteiger partial charge in [0.05, 0.1) is 6.61 Å². The zero-order valence-electron chi connectivity index (χ0n) is 19.8. The van der Waals surface area contributed by atoms with Crippen LogP contribution in [0.5, 0.6) is 0 Å². The standard InChI is InChI=1S/C17H27N3O17P2/c1-6(21)18-4-7-10(23)12(25)14(27)16(35-7)36-39(32,37-38(29,30)31)33-5-8-11(24)13(26)15(34-8)20-3-2-9(22)19-17(20)28/h2-3,7-8,10-16,23-27H,4-5H2,1H3,(H,18,21)(H,19,22,28)(H2,29,30,31)/t7-,8+,10-,11?,12+,13?,14-,15+,16+,39?/m1/s1. The van der Waals surface area contributed by atoms with Gasteiger partial charge in [-0.3, -0.25) is 28.2 Å². The molecule has 2 fully saturated rings. The van der Waals surface area contributed by atoms with Crippen LogP contribution in [0.3, 0.4) is 0 Å². The second-order valence-corrected chi connectivity index (χ2v) is 11.4. The van der Waals surface area contributed by atoms with Crippen LogP contribution in [0.2, 0.25) is 0 Å².